The third-order valence-electron chi connectivity index (χ3n) is 1.99. The molecule has 0 spiro atoms. The molecule has 1 aliphatic heterocycles. The molecule has 0 N–H and O–H groups in total. The Bertz CT molecular complexity index is 460. The lowest BCUT2D eigenvalue weighted by molar-refractivity contribution is -0.125. The molecule has 0 saturated heterocycles. The number of fused-ring (bicyclic) bond motifs is 1. The van der Waals surface area contributed by atoms with Crippen molar-refractivity contribution in [3.63, 3.8) is 0 Å². The number of carbonyl (C=O) groups is 1. The number of hydrogen-bond donors (Lipinski definition) is 0. The molecule has 4 nitrogen and oxygen atoms in total. The van der Waals surface area contributed by atoms with Gasteiger partial charge in [0.25, 0.3) is 10.0 Å². The van der Waals surface area contributed by atoms with Crippen molar-refractivity contribution in [2.45, 2.75) is 10.6 Å². The summed E-state index contributed by atoms with van der Waals surface area (Å²) in [6.45, 7) is 0. The molecule has 2 rings (SSSR count). The molecule has 0 bridgehead atoms. The standard InChI is InChI=1S/C7H7NO3S2/c1-8-6(9)4-5-2-3-12-7(5)13(8,10)11/h2-3H,4H2,1H3. The molecule has 1 aliphatic rings. The van der Waals surface area contributed by atoms with Crippen LogP contribution in [0.15, 0.2) is 15.7 Å². The SMILES string of the molecule is CN1C(=O)Cc2ccsc2S1(=O)=O. The highest BCUT2D eigenvalue weighted by Gasteiger charge is 2.34. The van der Waals surface area contributed by atoms with E-state index >= 15 is 0 Å². The molecular weight excluding hydrogens is 210 g/mol. The van der Waals surface area contributed by atoms with E-state index in [9.17, 15) is 13.2 Å². The Kier molecular flexibility index (Phi) is 1.71. The van der Waals surface area contributed by atoms with Gasteiger partial charge in [0.1, 0.15) is 4.21 Å². The van der Waals surface area contributed by atoms with Crippen LogP contribution in [0.4, 0.5) is 0 Å². The number of likely N-dealkylation sites (N-methyl/N-ethyl adjacent to an activating group) is 1. The van der Waals surface area contributed by atoms with Gasteiger partial charge in [0.2, 0.25) is 5.91 Å². The van der Waals surface area contributed by atoms with Crippen molar-refractivity contribution in [3.8, 4) is 0 Å². The van der Waals surface area contributed by atoms with E-state index in [1.54, 1.807) is 11.4 Å². The van der Waals surface area contributed by atoms with Gasteiger partial charge in [-0.3, -0.25) is 4.79 Å². The van der Waals surface area contributed by atoms with Crippen LogP contribution in [-0.4, -0.2) is 25.7 Å². The first-order chi connectivity index (χ1) is 6.03. The summed E-state index contributed by atoms with van der Waals surface area (Å²) in [7, 11) is -2.23. The van der Waals surface area contributed by atoms with Crippen LogP contribution in [0.1, 0.15) is 5.56 Å². The molecule has 0 aromatic carbocycles. The van der Waals surface area contributed by atoms with Gasteiger partial charge < -0.3 is 0 Å². The number of thiophene rings is 1. The summed E-state index contributed by atoms with van der Waals surface area (Å²) in [6, 6.07) is 1.68. The zero-order valence-electron chi connectivity index (χ0n) is 6.85. The van der Waals surface area contributed by atoms with Gasteiger partial charge in [0, 0.05) is 7.05 Å². The van der Waals surface area contributed by atoms with E-state index < -0.39 is 10.0 Å². The Hall–Kier alpha value is -0.880. The lowest BCUT2D eigenvalue weighted by atomic mass is 10.2. The molecule has 2 heterocycles. The summed E-state index contributed by atoms with van der Waals surface area (Å²) in [4.78, 5) is 11.2. The first kappa shape index (κ1) is 8.71. The Morgan fingerprint density at radius 1 is 1.54 bits per heavy atom. The van der Waals surface area contributed by atoms with E-state index in [-0.39, 0.29) is 12.3 Å². The smallest absolute Gasteiger partial charge is 0.273 e. The predicted octanol–water partition coefficient (Wildman–Crippen LogP) is 0.451. The summed E-state index contributed by atoms with van der Waals surface area (Å²) >= 11 is 1.16. The minimum atomic E-state index is -3.52. The number of hydrogen-bond acceptors (Lipinski definition) is 4. The third-order valence-corrected chi connectivity index (χ3v) is 5.32. The topological polar surface area (TPSA) is 54.5 Å². The second-order valence-electron chi connectivity index (χ2n) is 2.78. The van der Waals surface area contributed by atoms with Gasteiger partial charge in [-0.1, -0.05) is 0 Å². The van der Waals surface area contributed by atoms with Gasteiger partial charge in [0.15, 0.2) is 0 Å². The maximum Gasteiger partial charge on any atom is 0.276 e. The first-order valence-electron chi connectivity index (χ1n) is 3.61. The average Bonchev–Trinajstić information content (AvgIpc) is 2.49. The molecule has 13 heavy (non-hydrogen) atoms. The lowest BCUT2D eigenvalue weighted by Crippen LogP contribution is -2.37. The molecule has 1 amide bonds. The number of amides is 1. The highest BCUT2D eigenvalue weighted by Crippen LogP contribution is 2.30. The highest BCUT2D eigenvalue weighted by molar-refractivity contribution is 7.91. The molecule has 0 radical (unpaired) electrons. The summed E-state index contributed by atoms with van der Waals surface area (Å²) in [5.41, 5.74) is 0.619. The fourth-order valence-electron chi connectivity index (χ4n) is 1.21. The molecule has 6 heteroatoms. The van der Waals surface area contributed by atoms with E-state index in [1.165, 1.54) is 7.05 Å². The molecule has 1 aromatic rings. The second kappa shape index (κ2) is 2.55. The van der Waals surface area contributed by atoms with Crippen molar-refractivity contribution in [2.75, 3.05) is 7.05 Å². The minimum absolute atomic E-state index is 0.189. The first-order valence-corrected chi connectivity index (χ1v) is 5.93. The molecule has 70 valence electrons. The maximum atomic E-state index is 11.6. The van der Waals surface area contributed by atoms with Crippen molar-refractivity contribution < 1.29 is 13.2 Å². The quantitative estimate of drug-likeness (QED) is 0.634. The van der Waals surface area contributed by atoms with E-state index in [4.69, 9.17) is 0 Å². The summed E-state index contributed by atoms with van der Waals surface area (Å²) in [5.74, 6) is -0.370. The number of nitrogens with zero attached hydrogens (tertiary/aromatic N) is 1. The maximum absolute atomic E-state index is 11.6. The normalized spacial score (nSPS) is 20.1. The van der Waals surface area contributed by atoms with E-state index in [1.807, 2.05) is 0 Å². The van der Waals surface area contributed by atoms with Crippen molar-refractivity contribution in [1.82, 2.24) is 4.31 Å². The van der Waals surface area contributed by atoms with Crippen molar-refractivity contribution >= 4 is 27.3 Å². The zero-order valence-corrected chi connectivity index (χ0v) is 8.48. The fraction of sp³-hybridized carbons (Fsp3) is 0.286. The molecule has 0 atom stereocenters. The lowest BCUT2D eigenvalue weighted by Gasteiger charge is -2.21. The molecule has 1 aromatic heterocycles. The predicted molar refractivity (Wildman–Crippen MR) is 48.0 cm³/mol. The van der Waals surface area contributed by atoms with Crippen LogP contribution in [0.5, 0.6) is 0 Å². The van der Waals surface area contributed by atoms with Gasteiger partial charge in [-0.25, -0.2) is 12.7 Å². The Morgan fingerprint density at radius 2 is 2.23 bits per heavy atom. The molecule has 0 aliphatic carbocycles. The van der Waals surface area contributed by atoms with Crippen LogP contribution < -0.4 is 0 Å². The van der Waals surface area contributed by atoms with E-state index in [0.29, 0.717) is 9.77 Å². The highest BCUT2D eigenvalue weighted by atomic mass is 32.2. The largest absolute Gasteiger partial charge is 0.276 e. The van der Waals surface area contributed by atoms with Gasteiger partial charge in [-0.2, -0.15) is 0 Å². The Morgan fingerprint density at radius 3 is 2.92 bits per heavy atom. The van der Waals surface area contributed by atoms with Gasteiger partial charge >= 0.3 is 0 Å². The van der Waals surface area contributed by atoms with Crippen LogP contribution in [0.2, 0.25) is 0 Å². The summed E-state index contributed by atoms with van der Waals surface area (Å²) < 4.78 is 24.3. The van der Waals surface area contributed by atoms with Crippen molar-refractivity contribution in [3.05, 3.63) is 17.0 Å². The molecule has 0 saturated carbocycles. The number of carbonyl (C=O) groups excluding carboxylic acids is 1. The van der Waals surface area contributed by atoms with Crippen LogP contribution in [0, 0.1) is 0 Å². The third kappa shape index (κ3) is 1.09. The van der Waals surface area contributed by atoms with Crippen LogP contribution in [-0.2, 0) is 21.2 Å². The average molecular weight is 217 g/mol. The summed E-state index contributed by atoms with van der Waals surface area (Å²) in [6.07, 6.45) is 0.189. The van der Waals surface area contributed by atoms with Crippen molar-refractivity contribution in [1.29, 1.82) is 0 Å². The van der Waals surface area contributed by atoms with E-state index in [2.05, 4.69) is 0 Å². The van der Waals surface area contributed by atoms with Gasteiger partial charge in [-0.05, 0) is 17.0 Å². The number of sulfonamides is 1. The monoisotopic (exact) mass is 217 g/mol. The number of rotatable bonds is 0. The minimum Gasteiger partial charge on any atom is -0.273 e. The Labute approximate surface area is 79.8 Å². The van der Waals surface area contributed by atoms with Crippen LogP contribution in [0.3, 0.4) is 0 Å². The fourth-order valence-corrected chi connectivity index (χ4v) is 3.90. The summed E-state index contributed by atoms with van der Waals surface area (Å²) in [5, 5.41) is 1.69. The second-order valence-corrected chi connectivity index (χ2v) is 5.86. The molecule has 0 fully saturated rings. The van der Waals surface area contributed by atoms with E-state index in [0.717, 1.165) is 15.6 Å². The Balaban J connectivity index is 2.71. The van der Waals surface area contributed by atoms with Crippen molar-refractivity contribution in [2.24, 2.45) is 0 Å². The van der Waals surface area contributed by atoms with Gasteiger partial charge in [0.05, 0.1) is 6.42 Å². The van der Waals surface area contributed by atoms with Crippen LogP contribution in [0.25, 0.3) is 0 Å². The molecule has 0 unspecified atom stereocenters. The van der Waals surface area contributed by atoms with Gasteiger partial charge in [-0.15, -0.1) is 11.3 Å². The zero-order chi connectivity index (χ0) is 9.64. The molecular formula is C7H7NO3S2. The van der Waals surface area contributed by atoms with Crippen LogP contribution >= 0.6 is 11.3 Å².